The lowest BCUT2D eigenvalue weighted by Crippen LogP contribution is -2.28. The SMILES string of the molecule is CC1CC(C)OC(c2c(F)cccc2F)CN1. The van der Waals surface area contributed by atoms with Crippen molar-refractivity contribution in [2.24, 2.45) is 0 Å². The summed E-state index contributed by atoms with van der Waals surface area (Å²) in [5, 5.41) is 3.22. The highest BCUT2D eigenvalue weighted by molar-refractivity contribution is 5.22. The molecule has 1 saturated heterocycles. The van der Waals surface area contributed by atoms with Crippen LogP contribution in [0.25, 0.3) is 0 Å². The first kappa shape index (κ1) is 12.5. The predicted octanol–water partition coefficient (Wildman–Crippen LogP) is 2.79. The average Bonchev–Trinajstić information content (AvgIpc) is 2.40. The lowest BCUT2D eigenvalue weighted by atomic mass is 10.1. The zero-order chi connectivity index (χ0) is 12.4. The maximum absolute atomic E-state index is 13.6. The van der Waals surface area contributed by atoms with Crippen LogP contribution in [0.4, 0.5) is 8.78 Å². The van der Waals surface area contributed by atoms with Gasteiger partial charge in [-0.25, -0.2) is 8.78 Å². The van der Waals surface area contributed by atoms with Crippen molar-refractivity contribution in [1.82, 2.24) is 5.32 Å². The third-order valence-corrected chi connectivity index (χ3v) is 3.06. The van der Waals surface area contributed by atoms with Crippen LogP contribution in [0.2, 0.25) is 0 Å². The van der Waals surface area contributed by atoms with Gasteiger partial charge in [-0.15, -0.1) is 0 Å². The second-order valence-corrected chi connectivity index (χ2v) is 4.62. The van der Waals surface area contributed by atoms with Gasteiger partial charge in [-0.2, -0.15) is 0 Å². The smallest absolute Gasteiger partial charge is 0.132 e. The van der Waals surface area contributed by atoms with Gasteiger partial charge in [0.25, 0.3) is 0 Å². The summed E-state index contributed by atoms with van der Waals surface area (Å²) in [4.78, 5) is 0. The normalized spacial score (nSPS) is 30.0. The summed E-state index contributed by atoms with van der Waals surface area (Å²) >= 11 is 0. The molecule has 1 aromatic carbocycles. The maximum atomic E-state index is 13.6. The highest BCUT2D eigenvalue weighted by Crippen LogP contribution is 2.27. The Labute approximate surface area is 100.0 Å². The molecule has 1 aromatic rings. The van der Waals surface area contributed by atoms with Gasteiger partial charge < -0.3 is 10.1 Å². The van der Waals surface area contributed by atoms with Gasteiger partial charge in [0.2, 0.25) is 0 Å². The van der Waals surface area contributed by atoms with E-state index in [4.69, 9.17) is 4.74 Å². The molecule has 3 atom stereocenters. The topological polar surface area (TPSA) is 21.3 Å². The lowest BCUT2D eigenvalue weighted by Gasteiger charge is -2.19. The van der Waals surface area contributed by atoms with Crippen molar-refractivity contribution >= 4 is 0 Å². The molecule has 3 unspecified atom stereocenters. The summed E-state index contributed by atoms with van der Waals surface area (Å²) in [7, 11) is 0. The highest BCUT2D eigenvalue weighted by atomic mass is 19.1. The van der Waals surface area contributed by atoms with E-state index in [1.165, 1.54) is 18.2 Å². The molecule has 0 saturated carbocycles. The van der Waals surface area contributed by atoms with E-state index in [1.807, 2.05) is 13.8 Å². The molecule has 0 spiro atoms. The molecule has 0 aromatic heterocycles. The Morgan fingerprint density at radius 2 is 1.88 bits per heavy atom. The van der Waals surface area contributed by atoms with Crippen molar-refractivity contribution in [2.75, 3.05) is 6.54 Å². The van der Waals surface area contributed by atoms with Crippen LogP contribution in [-0.2, 0) is 4.74 Å². The Bertz CT molecular complexity index is 377. The van der Waals surface area contributed by atoms with E-state index in [0.717, 1.165) is 6.42 Å². The van der Waals surface area contributed by atoms with Crippen molar-refractivity contribution in [3.63, 3.8) is 0 Å². The second kappa shape index (κ2) is 5.10. The third kappa shape index (κ3) is 2.82. The minimum atomic E-state index is -0.559. The minimum absolute atomic E-state index is 0.0102. The molecule has 1 aliphatic rings. The van der Waals surface area contributed by atoms with Crippen molar-refractivity contribution < 1.29 is 13.5 Å². The van der Waals surface area contributed by atoms with Crippen LogP contribution >= 0.6 is 0 Å². The second-order valence-electron chi connectivity index (χ2n) is 4.62. The van der Waals surface area contributed by atoms with Gasteiger partial charge in [-0.05, 0) is 32.4 Å². The van der Waals surface area contributed by atoms with Gasteiger partial charge in [-0.3, -0.25) is 0 Å². The summed E-state index contributed by atoms with van der Waals surface area (Å²) in [5.74, 6) is -1.09. The van der Waals surface area contributed by atoms with E-state index in [9.17, 15) is 8.78 Å². The predicted molar refractivity (Wildman–Crippen MR) is 61.7 cm³/mol. The summed E-state index contributed by atoms with van der Waals surface area (Å²) in [5.41, 5.74) is 0.0287. The molecule has 1 aliphatic heterocycles. The van der Waals surface area contributed by atoms with Crippen LogP contribution in [-0.4, -0.2) is 18.7 Å². The molecule has 0 radical (unpaired) electrons. The molecule has 2 nitrogen and oxygen atoms in total. The zero-order valence-corrected chi connectivity index (χ0v) is 10.0. The maximum Gasteiger partial charge on any atom is 0.132 e. The Kier molecular flexibility index (Phi) is 3.74. The molecular weight excluding hydrogens is 224 g/mol. The van der Waals surface area contributed by atoms with Crippen LogP contribution in [0.1, 0.15) is 31.9 Å². The number of hydrogen-bond acceptors (Lipinski definition) is 2. The molecule has 1 fully saturated rings. The molecule has 1 N–H and O–H groups in total. The van der Waals surface area contributed by atoms with E-state index in [0.29, 0.717) is 12.6 Å². The molecular formula is C13H17F2NO. The third-order valence-electron chi connectivity index (χ3n) is 3.06. The van der Waals surface area contributed by atoms with Gasteiger partial charge >= 0.3 is 0 Å². The molecule has 1 heterocycles. The molecule has 0 aliphatic carbocycles. The van der Waals surface area contributed by atoms with Crippen LogP contribution in [0.3, 0.4) is 0 Å². The standard InChI is InChI=1S/C13H17F2NO/c1-8-6-9(2)17-12(7-16-8)13-10(14)4-3-5-11(13)15/h3-5,8-9,12,16H,6-7H2,1-2H3. The molecule has 0 bridgehead atoms. The lowest BCUT2D eigenvalue weighted by molar-refractivity contribution is 0.00349. The molecule has 0 amide bonds. The number of halogens is 2. The number of hydrogen-bond donors (Lipinski definition) is 1. The van der Waals surface area contributed by atoms with Gasteiger partial charge in [0.05, 0.1) is 11.7 Å². The zero-order valence-electron chi connectivity index (χ0n) is 10.0. The largest absolute Gasteiger partial charge is 0.369 e. The van der Waals surface area contributed by atoms with Crippen molar-refractivity contribution in [3.05, 3.63) is 35.4 Å². The Hall–Kier alpha value is -1.00. The number of benzene rings is 1. The number of nitrogens with one attached hydrogen (secondary N) is 1. The summed E-state index contributed by atoms with van der Waals surface area (Å²) in [6.07, 6.45) is 0.271. The summed E-state index contributed by atoms with van der Waals surface area (Å²) < 4.78 is 33.0. The van der Waals surface area contributed by atoms with E-state index in [-0.39, 0.29) is 11.7 Å². The van der Waals surface area contributed by atoms with Crippen LogP contribution in [0.5, 0.6) is 0 Å². The fourth-order valence-corrected chi connectivity index (χ4v) is 2.26. The summed E-state index contributed by atoms with van der Waals surface area (Å²) in [6, 6.07) is 4.19. The fourth-order valence-electron chi connectivity index (χ4n) is 2.26. The Balaban J connectivity index is 2.26. The van der Waals surface area contributed by atoms with Crippen molar-refractivity contribution in [3.8, 4) is 0 Å². The van der Waals surface area contributed by atoms with Crippen molar-refractivity contribution in [2.45, 2.75) is 38.5 Å². The van der Waals surface area contributed by atoms with Gasteiger partial charge in [-0.1, -0.05) is 6.07 Å². The van der Waals surface area contributed by atoms with Gasteiger partial charge in [0.15, 0.2) is 0 Å². The van der Waals surface area contributed by atoms with Crippen LogP contribution in [0, 0.1) is 11.6 Å². The molecule has 4 heteroatoms. The fraction of sp³-hybridized carbons (Fsp3) is 0.538. The first-order valence-electron chi connectivity index (χ1n) is 5.90. The molecule has 17 heavy (non-hydrogen) atoms. The quantitative estimate of drug-likeness (QED) is 0.816. The van der Waals surface area contributed by atoms with Crippen LogP contribution in [0.15, 0.2) is 18.2 Å². The molecule has 94 valence electrons. The van der Waals surface area contributed by atoms with Crippen molar-refractivity contribution in [1.29, 1.82) is 0 Å². The number of ether oxygens (including phenoxy) is 1. The number of rotatable bonds is 1. The minimum Gasteiger partial charge on any atom is -0.369 e. The average molecular weight is 241 g/mol. The van der Waals surface area contributed by atoms with Crippen LogP contribution < -0.4 is 5.32 Å². The van der Waals surface area contributed by atoms with Gasteiger partial charge in [0, 0.05) is 12.6 Å². The van der Waals surface area contributed by atoms with E-state index in [2.05, 4.69) is 5.32 Å². The monoisotopic (exact) mass is 241 g/mol. The highest BCUT2D eigenvalue weighted by Gasteiger charge is 2.26. The van der Waals surface area contributed by atoms with E-state index >= 15 is 0 Å². The first-order chi connectivity index (χ1) is 8.08. The molecule has 2 rings (SSSR count). The Morgan fingerprint density at radius 1 is 1.24 bits per heavy atom. The van der Waals surface area contributed by atoms with E-state index < -0.39 is 17.7 Å². The summed E-state index contributed by atoms with van der Waals surface area (Å²) in [6.45, 7) is 4.40. The van der Waals surface area contributed by atoms with Gasteiger partial charge in [0.1, 0.15) is 17.7 Å². The Morgan fingerprint density at radius 3 is 2.53 bits per heavy atom. The van der Waals surface area contributed by atoms with E-state index in [1.54, 1.807) is 0 Å². The first-order valence-corrected chi connectivity index (χ1v) is 5.90.